The molecule has 0 bridgehead atoms. The number of hydrogen-bond acceptors (Lipinski definition) is 5. The van der Waals surface area contributed by atoms with Crippen molar-refractivity contribution >= 4 is 27.7 Å². The highest BCUT2D eigenvalue weighted by Crippen LogP contribution is 2.21. The third kappa shape index (κ3) is 6.22. The maximum absolute atomic E-state index is 13.5. The molecule has 0 aliphatic heterocycles. The van der Waals surface area contributed by atoms with Gasteiger partial charge in [-0.25, -0.2) is 13.6 Å². The van der Waals surface area contributed by atoms with Crippen LogP contribution in [-0.2, 0) is 14.3 Å². The number of rotatable bonds is 5. The quantitative estimate of drug-likeness (QED) is 0.552. The number of alkyl halides is 3. The van der Waals surface area contributed by atoms with Gasteiger partial charge in [-0.2, -0.15) is 21.6 Å². The van der Waals surface area contributed by atoms with Crippen molar-refractivity contribution < 1.29 is 44.1 Å². The average Bonchev–Trinajstić information content (AvgIpc) is 2.60. The first-order valence-electron chi connectivity index (χ1n) is 7.51. The van der Waals surface area contributed by atoms with E-state index in [1.54, 1.807) is 5.32 Å². The maximum Gasteiger partial charge on any atom is 0.413 e. The molecule has 13 heteroatoms. The number of hydrogen-bond donors (Lipinski definition) is 2. The Labute approximate surface area is 160 Å². The summed E-state index contributed by atoms with van der Waals surface area (Å²) in [5.74, 6) is -3.75. The zero-order valence-corrected chi connectivity index (χ0v) is 14.9. The molecule has 2 aromatic rings. The molecule has 29 heavy (non-hydrogen) atoms. The Hall–Kier alpha value is -3.06. The summed E-state index contributed by atoms with van der Waals surface area (Å²) in [7, 11) is -4.69. The van der Waals surface area contributed by atoms with Gasteiger partial charge in [0.1, 0.15) is 17.2 Å². The average molecular weight is 438 g/mol. The van der Waals surface area contributed by atoms with Gasteiger partial charge in [-0.1, -0.05) is 6.07 Å². The molecule has 7 nitrogen and oxygen atoms in total. The molecule has 2 N–H and O–H groups in total. The van der Waals surface area contributed by atoms with Gasteiger partial charge in [0.25, 0.3) is 16.0 Å². The molecule has 0 fully saturated rings. The van der Waals surface area contributed by atoms with Crippen molar-refractivity contribution in [2.45, 2.75) is 11.1 Å². The van der Waals surface area contributed by atoms with E-state index in [9.17, 15) is 40.0 Å². The number of amides is 3. The van der Waals surface area contributed by atoms with Crippen LogP contribution in [0.4, 0.5) is 32.4 Å². The van der Waals surface area contributed by atoms with Crippen LogP contribution in [0, 0.1) is 11.6 Å². The lowest BCUT2D eigenvalue weighted by Gasteiger charge is -2.10. The Balaban J connectivity index is 2.02. The third-order valence-corrected chi connectivity index (χ3v) is 4.47. The number of benzene rings is 2. The summed E-state index contributed by atoms with van der Waals surface area (Å²) < 4.78 is 90.3. The van der Waals surface area contributed by atoms with Gasteiger partial charge in [-0.3, -0.25) is 14.3 Å². The molecule has 0 radical (unpaired) electrons. The predicted octanol–water partition coefficient (Wildman–Crippen LogP) is 3.19. The minimum Gasteiger partial charge on any atom is -0.308 e. The van der Waals surface area contributed by atoms with Crippen molar-refractivity contribution in [3.8, 4) is 0 Å². The van der Waals surface area contributed by atoms with E-state index in [1.165, 1.54) is 0 Å². The first-order chi connectivity index (χ1) is 13.4. The molecule has 0 saturated carbocycles. The van der Waals surface area contributed by atoms with Crippen LogP contribution < -0.4 is 10.6 Å². The Kier molecular flexibility index (Phi) is 6.54. The van der Waals surface area contributed by atoms with Gasteiger partial charge in [0.05, 0.1) is 4.90 Å². The molecule has 0 unspecified atom stereocenters. The second kappa shape index (κ2) is 8.53. The number of nitrogens with one attached hydrogen (secondary N) is 2. The van der Waals surface area contributed by atoms with Crippen molar-refractivity contribution in [2.24, 2.45) is 0 Å². The van der Waals surface area contributed by atoms with Crippen LogP contribution in [-0.4, -0.2) is 33.1 Å². The molecule has 0 heterocycles. The van der Waals surface area contributed by atoms with Gasteiger partial charge in [-0.15, -0.1) is 0 Å². The van der Waals surface area contributed by atoms with Gasteiger partial charge in [-0.05, 0) is 36.4 Å². The Bertz CT molecular complexity index is 1000. The minimum atomic E-state index is -4.85. The number of anilines is 1. The molecule has 0 saturated heterocycles. The highest BCUT2D eigenvalue weighted by Gasteiger charge is 2.31. The van der Waals surface area contributed by atoms with Gasteiger partial charge in [0.15, 0.2) is 6.61 Å². The number of urea groups is 1. The largest absolute Gasteiger partial charge is 0.413 e. The van der Waals surface area contributed by atoms with E-state index in [4.69, 9.17) is 0 Å². The smallest absolute Gasteiger partial charge is 0.308 e. The fraction of sp³-hybridized carbons (Fsp3) is 0.125. The Morgan fingerprint density at radius 2 is 1.52 bits per heavy atom. The first-order valence-corrected chi connectivity index (χ1v) is 8.92. The second-order valence-electron chi connectivity index (χ2n) is 5.36. The fourth-order valence-electron chi connectivity index (χ4n) is 1.96. The lowest BCUT2D eigenvalue weighted by molar-refractivity contribution is -0.152. The summed E-state index contributed by atoms with van der Waals surface area (Å²) in [5, 5.41) is 3.76. The summed E-state index contributed by atoms with van der Waals surface area (Å²) in [6.45, 7) is -2.01. The normalized spacial score (nSPS) is 11.8. The van der Waals surface area contributed by atoms with E-state index in [0.717, 1.165) is 42.5 Å². The fourth-order valence-corrected chi connectivity index (χ4v) is 2.85. The van der Waals surface area contributed by atoms with Crippen LogP contribution in [0.25, 0.3) is 0 Å². The highest BCUT2D eigenvalue weighted by atomic mass is 32.2. The van der Waals surface area contributed by atoms with Gasteiger partial charge >= 0.3 is 12.2 Å². The zero-order valence-electron chi connectivity index (χ0n) is 14.1. The summed E-state index contributed by atoms with van der Waals surface area (Å²) in [4.78, 5) is 22.9. The molecule has 0 spiro atoms. The molecule has 2 rings (SSSR count). The van der Waals surface area contributed by atoms with Crippen LogP contribution >= 0.6 is 0 Å². The van der Waals surface area contributed by atoms with E-state index in [-0.39, 0.29) is 5.69 Å². The lowest BCUT2D eigenvalue weighted by Crippen LogP contribution is -2.35. The van der Waals surface area contributed by atoms with Crippen LogP contribution in [0.3, 0.4) is 0 Å². The van der Waals surface area contributed by atoms with Crippen molar-refractivity contribution in [3.05, 3.63) is 59.7 Å². The van der Waals surface area contributed by atoms with Crippen molar-refractivity contribution in [2.75, 3.05) is 11.9 Å². The van der Waals surface area contributed by atoms with Crippen LogP contribution in [0.2, 0.25) is 0 Å². The van der Waals surface area contributed by atoms with Crippen LogP contribution in [0.1, 0.15) is 10.4 Å². The highest BCUT2D eigenvalue weighted by molar-refractivity contribution is 7.86. The Morgan fingerprint density at radius 3 is 2.03 bits per heavy atom. The van der Waals surface area contributed by atoms with Crippen molar-refractivity contribution in [3.63, 3.8) is 0 Å². The second-order valence-corrected chi connectivity index (χ2v) is 6.98. The third-order valence-electron chi connectivity index (χ3n) is 3.20. The number of halogens is 5. The minimum absolute atomic E-state index is 0.0703. The predicted molar refractivity (Wildman–Crippen MR) is 88.5 cm³/mol. The van der Waals surface area contributed by atoms with E-state index in [0.29, 0.717) is 0 Å². The van der Waals surface area contributed by atoms with E-state index < -0.39 is 56.9 Å². The molecule has 0 aromatic heterocycles. The summed E-state index contributed by atoms with van der Waals surface area (Å²) in [5.41, 5.74) is -1.05. The molecule has 156 valence electrons. The summed E-state index contributed by atoms with van der Waals surface area (Å²) in [6, 6.07) is 5.15. The molecule has 0 atom stereocenters. The van der Waals surface area contributed by atoms with Gasteiger partial charge < -0.3 is 5.32 Å². The number of carbonyl (C=O) groups excluding carboxylic acids is 2. The number of imide groups is 1. The van der Waals surface area contributed by atoms with E-state index in [1.807, 2.05) is 0 Å². The van der Waals surface area contributed by atoms with E-state index in [2.05, 4.69) is 9.50 Å². The number of carbonyl (C=O) groups is 2. The van der Waals surface area contributed by atoms with E-state index >= 15 is 0 Å². The van der Waals surface area contributed by atoms with Crippen molar-refractivity contribution in [1.29, 1.82) is 0 Å². The molecule has 3 amide bonds. The maximum atomic E-state index is 13.5. The van der Waals surface area contributed by atoms with Gasteiger partial charge in [0, 0.05) is 5.69 Å². The monoisotopic (exact) mass is 438 g/mol. The summed E-state index contributed by atoms with van der Waals surface area (Å²) in [6.07, 6.45) is -4.85. The molecular weight excluding hydrogens is 427 g/mol. The topological polar surface area (TPSA) is 102 Å². The van der Waals surface area contributed by atoms with Gasteiger partial charge in [0.2, 0.25) is 0 Å². The van der Waals surface area contributed by atoms with Crippen LogP contribution in [0.15, 0.2) is 47.4 Å². The molecule has 0 aliphatic rings. The SMILES string of the molecule is O=C(NC(=O)c1c(F)cccc1F)Nc1ccc(S(=O)(=O)OCC(F)(F)F)cc1. The van der Waals surface area contributed by atoms with Crippen LogP contribution in [0.5, 0.6) is 0 Å². The molecule has 0 aliphatic carbocycles. The van der Waals surface area contributed by atoms with Crippen molar-refractivity contribution in [1.82, 2.24) is 5.32 Å². The first kappa shape index (κ1) is 22.2. The molecular formula is C16H11F5N2O5S. The standard InChI is InChI=1S/C16H11F5N2O5S/c17-11-2-1-3-12(18)13(11)14(24)23-15(25)22-9-4-6-10(7-5-9)29(26,27)28-8-16(19,20)21/h1-7H,8H2,(H2,22,23,24,25). The molecule has 2 aromatic carbocycles. The Morgan fingerprint density at radius 1 is 0.966 bits per heavy atom. The lowest BCUT2D eigenvalue weighted by atomic mass is 10.2. The zero-order chi connectivity index (χ0) is 21.8. The summed E-state index contributed by atoms with van der Waals surface area (Å²) >= 11 is 0.